The highest BCUT2D eigenvalue weighted by molar-refractivity contribution is 7.28. The lowest BCUT2D eigenvalue weighted by Crippen LogP contribution is -2.12. The van der Waals surface area contributed by atoms with E-state index >= 15 is 0 Å². The van der Waals surface area contributed by atoms with Crippen LogP contribution < -0.4 is 5.32 Å². The molecule has 0 saturated heterocycles. The van der Waals surface area contributed by atoms with Crippen LogP contribution in [0.1, 0.15) is 43.5 Å². The van der Waals surface area contributed by atoms with E-state index in [4.69, 9.17) is 0 Å². The summed E-state index contributed by atoms with van der Waals surface area (Å²) in [5.41, 5.74) is 7.28. The third-order valence-corrected chi connectivity index (χ3v) is 7.27. The average molecular weight is 425 g/mol. The minimum atomic E-state index is -0.555. The molecule has 3 heterocycles. The molecule has 1 amide bonds. The molecule has 0 aliphatic heterocycles. The Morgan fingerprint density at radius 2 is 2.10 bits per heavy atom. The maximum atomic E-state index is 12.1. The highest BCUT2D eigenvalue weighted by atomic mass is 32.1. The molecule has 2 N–H and O–H groups in total. The summed E-state index contributed by atoms with van der Waals surface area (Å²) < 4.78 is 2.11. The van der Waals surface area contributed by atoms with E-state index in [9.17, 15) is 9.90 Å². The van der Waals surface area contributed by atoms with Gasteiger partial charge in [0.1, 0.15) is 0 Å². The fraction of sp³-hybridized carbons (Fsp3) is 0.333. The Morgan fingerprint density at radius 3 is 2.83 bits per heavy atom. The number of thiazole rings is 2. The van der Waals surface area contributed by atoms with Crippen molar-refractivity contribution < 1.29 is 9.90 Å². The van der Waals surface area contributed by atoms with E-state index in [1.54, 1.807) is 11.3 Å². The zero-order chi connectivity index (χ0) is 20.1. The monoisotopic (exact) mass is 424 g/mol. The predicted octanol–water partition coefficient (Wildman–Crippen LogP) is 5.07. The Bertz CT molecular complexity index is 1240. The Balaban J connectivity index is 1.62. The van der Waals surface area contributed by atoms with Gasteiger partial charge in [0.05, 0.1) is 37.7 Å². The van der Waals surface area contributed by atoms with E-state index in [0.29, 0.717) is 17.2 Å². The Labute approximate surface area is 175 Å². The van der Waals surface area contributed by atoms with Gasteiger partial charge in [-0.25, -0.2) is 9.97 Å². The molecule has 4 aromatic rings. The molecule has 1 aromatic carbocycles. The smallest absolute Gasteiger partial charge is 0.229 e. The van der Waals surface area contributed by atoms with Crippen LogP contribution in [0.15, 0.2) is 23.8 Å². The SMILES string of the molecule is CCC(O)c1cc(C)c(-c2cc3nc(NC(=O)C4CC4)sc3c3scnc23)cn1. The van der Waals surface area contributed by atoms with E-state index in [1.165, 1.54) is 11.3 Å². The summed E-state index contributed by atoms with van der Waals surface area (Å²) in [6.45, 7) is 3.96. The highest BCUT2D eigenvalue weighted by Gasteiger charge is 2.30. The van der Waals surface area contributed by atoms with Gasteiger partial charge >= 0.3 is 0 Å². The zero-order valence-electron chi connectivity index (χ0n) is 16.1. The van der Waals surface area contributed by atoms with Gasteiger partial charge in [-0.05, 0) is 43.9 Å². The number of anilines is 1. The van der Waals surface area contributed by atoms with E-state index < -0.39 is 6.10 Å². The molecule has 5 rings (SSSR count). The number of carbonyl (C=O) groups excluding carboxylic acids is 1. The van der Waals surface area contributed by atoms with Crippen LogP contribution in [-0.4, -0.2) is 26.0 Å². The van der Waals surface area contributed by atoms with Crippen molar-refractivity contribution in [3.63, 3.8) is 0 Å². The molecule has 6 nitrogen and oxygen atoms in total. The molecular weight excluding hydrogens is 404 g/mol. The molecule has 1 unspecified atom stereocenters. The van der Waals surface area contributed by atoms with Gasteiger partial charge in [0, 0.05) is 23.2 Å². The summed E-state index contributed by atoms with van der Waals surface area (Å²) in [6, 6.07) is 3.97. The number of aromatic nitrogens is 3. The number of pyridine rings is 1. The number of nitrogens with zero attached hydrogens (tertiary/aromatic N) is 3. The van der Waals surface area contributed by atoms with Crippen LogP contribution in [0.5, 0.6) is 0 Å². The maximum absolute atomic E-state index is 12.1. The molecule has 1 atom stereocenters. The zero-order valence-corrected chi connectivity index (χ0v) is 17.7. The number of nitrogens with one attached hydrogen (secondary N) is 1. The van der Waals surface area contributed by atoms with Crippen LogP contribution in [0.25, 0.3) is 31.6 Å². The first-order valence-corrected chi connectivity index (χ1v) is 11.4. The number of amides is 1. The van der Waals surface area contributed by atoms with Crippen LogP contribution in [0, 0.1) is 12.8 Å². The predicted molar refractivity (Wildman–Crippen MR) is 117 cm³/mol. The van der Waals surface area contributed by atoms with Gasteiger partial charge in [0.25, 0.3) is 0 Å². The van der Waals surface area contributed by atoms with Crippen molar-refractivity contribution in [3.8, 4) is 11.1 Å². The fourth-order valence-electron chi connectivity index (χ4n) is 3.46. The highest BCUT2D eigenvalue weighted by Crippen LogP contribution is 2.41. The van der Waals surface area contributed by atoms with Gasteiger partial charge in [-0.3, -0.25) is 9.78 Å². The molecular formula is C21H20N4O2S2. The second kappa shape index (κ2) is 7.12. The molecule has 1 aliphatic carbocycles. The third-order valence-electron chi connectivity index (χ3n) is 5.29. The molecule has 3 aromatic heterocycles. The van der Waals surface area contributed by atoms with Gasteiger partial charge < -0.3 is 10.4 Å². The summed E-state index contributed by atoms with van der Waals surface area (Å²) in [6.07, 6.45) is 3.82. The number of aliphatic hydroxyl groups excluding tert-OH is 1. The van der Waals surface area contributed by atoms with E-state index in [1.807, 2.05) is 37.7 Å². The Hall–Kier alpha value is -2.42. The summed E-state index contributed by atoms with van der Waals surface area (Å²) in [7, 11) is 0. The largest absolute Gasteiger partial charge is 0.387 e. The van der Waals surface area contributed by atoms with E-state index in [-0.39, 0.29) is 11.8 Å². The summed E-state index contributed by atoms with van der Waals surface area (Å²) in [5, 5.41) is 13.7. The lowest BCUT2D eigenvalue weighted by atomic mass is 9.99. The number of benzene rings is 1. The minimum absolute atomic E-state index is 0.0648. The van der Waals surface area contributed by atoms with Crippen molar-refractivity contribution in [1.82, 2.24) is 15.0 Å². The van der Waals surface area contributed by atoms with Crippen molar-refractivity contribution in [2.45, 2.75) is 39.2 Å². The lowest BCUT2D eigenvalue weighted by molar-refractivity contribution is -0.117. The topological polar surface area (TPSA) is 88.0 Å². The standard InChI is InChI=1S/C21H20N4O2S2/c1-3-16(26)14-6-10(2)13(8-22-14)12-7-15-18(19-17(12)23-9-28-19)29-21(24-15)25-20(27)11-4-5-11/h6-9,11,16,26H,3-5H2,1-2H3,(H,24,25,27). The number of hydrogen-bond donors (Lipinski definition) is 2. The molecule has 8 heteroatoms. The number of rotatable bonds is 5. The molecule has 0 radical (unpaired) electrons. The van der Waals surface area contributed by atoms with Crippen LogP contribution in [0.4, 0.5) is 5.13 Å². The minimum Gasteiger partial charge on any atom is -0.387 e. The molecule has 1 saturated carbocycles. The van der Waals surface area contributed by atoms with Crippen molar-refractivity contribution >= 4 is 54.1 Å². The molecule has 1 fully saturated rings. The molecule has 0 spiro atoms. The maximum Gasteiger partial charge on any atom is 0.229 e. The number of hydrogen-bond acceptors (Lipinski definition) is 7. The molecule has 0 bridgehead atoms. The van der Waals surface area contributed by atoms with Gasteiger partial charge in [-0.2, -0.15) is 0 Å². The van der Waals surface area contributed by atoms with Gasteiger partial charge in [0.15, 0.2) is 5.13 Å². The Kier molecular flexibility index (Phi) is 4.57. The van der Waals surface area contributed by atoms with Crippen LogP contribution in [0.2, 0.25) is 0 Å². The number of fused-ring (bicyclic) bond motifs is 3. The van der Waals surface area contributed by atoms with Gasteiger partial charge in [0.2, 0.25) is 5.91 Å². The van der Waals surface area contributed by atoms with Crippen molar-refractivity contribution in [2.24, 2.45) is 5.92 Å². The normalized spacial score (nSPS) is 15.1. The van der Waals surface area contributed by atoms with E-state index in [2.05, 4.69) is 20.3 Å². The van der Waals surface area contributed by atoms with E-state index in [0.717, 1.165) is 50.0 Å². The molecule has 1 aliphatic rings. The quantitative estimate of drug-likeness (QED) is 0.467. The average Bonchev–Trinajstić information content (AvgIpc) is 3.31. The fourth-order valence-corrected chi connectivity index (χ4v) is 5.37. The molecule has 29 heavy (non-hydrogen) atoms. The van der Waals surface area contributed by atoms with Gasteiger partial charge in [-0.15, -0.1) is 11.3 Å². The first kappa shape index (κ1) is 18.6. The van der Waals surface area contributed by atoms with Crippen LogP contribution in [-0.2, 0) is 4.79 Å². The third kappa shape index (κ3) is 3.31. The van der Waals surface area contributed by atoms with Gasteiger partial charge in [-0.1, -0.05) is 18.3 Å². The molecule has 148 valence electrons. The lowest BCUT2D eigenvalue weighted by Gasteiger charge is -2.12. The number of aliphatic hydroxyl groups is 1. The number of aryl methyl sites for hydroxylation is 1. The second-order valence-corrected chi connectivity index (χ2v) is 9.29. The van der Waals surface area contributed by atoms with Crippen molar-refractivity contribution in [1.29, 1.82) is 0 Å². The number of carbonyl (C=O) groups is 1. The Morgan fingerprint density at radius 1 is 1.28 bits per heavy atom. The van der Waals surface area contributed by atoms with Crippen LogP contribution >= 0.6 is 22.7 Å². The summed E-state index contributed by atoms with van der Waals surface area (Å²) in [5.74, 6) is 0.210. The van der Waals surface area contributed by atoms with Crippen molar-refractivity contribution in [3.05, 3.63) is 35.1 Å². The van der Waals surface area contributed by atoms with Crippen LogP contribution in [0.3, 0.4) is 0 Å². The second-order valence-electron chi connectivity index (χ2n) is 7.43. The summed E-state index contributed by atoms with van der Waals surface area (Å²) in [4.78, 5) is 25.9. The first-order valence-electron chi connectivity index (χ1n) is 9.67. The van der Waals surface area contributed by atoms with Crippen molar-refractivity contribution in [2.75, 3.05) is 5.32 Å². The first-order chi connectivity index (χ1) is 14.0. The summed E-state index contributed by atoms with van der Waals surface area (Å²) >= 11 is 3.08.